The van der Waals surface area contributed by atoms with Gasteiger partial charge in [0.15, 0.2) is 0 Å². The lowest BCUT2D eigenvalue weighted by atomic mass is 9.93. The molecule has 30 heavy (non-hydrogen) atoms. The van der Waals surface area contributed by atoms with E-state index in [-0.39, 0.29) is 30.2 Å². The van der Waals surface area contributed by atoms with Crippen LogP contribution in [0.2, 0.25) is 0 Å². The van der Waals surface area contributed by atoms with E-state index >= 15 is 0 Å². The number of cyclic esters (lactones) is 1. The number of aliphatic hydroxyl groups excluding tert-OH is 1. The topological polar surface area (TPSA) is 77.5 Å². The molecule has 1 saturated heterocycles. The molecule has 1 aliphatic heterocycles. The summed E-state index contributed by atoms with van der Waals surface area (Å²) < 4.78 is 26.3. The van der Waals surface area contributed by atoms with Gasteiger partial charge in [-0.2, -0.15) is 9.78 Å². The number of hydrogen-bond donors (Lipinski definition) is 1. The number of halogens is 1. The van der Waals surface area contributed by atoms with Gasteiger partial charge in [0.1, 0.15) is 11.9 Å². The zero-order valence-corrected chi connectivity index (χ0v) is 17.0. The molecule has 158 valence electrons. The number of esters is 1. The van der Waals surface area contributed by atoms with E-state index in [9.17, 15) is 14.3 Å². The van der Waals surface area contributed by atoms with E-state index < -0.39 is 6.10 Å². The summed E-state index contributed by atoms with van der Waals surface area (Å²) in [6.45, 7) is 4.13. The minimum atomic E-state index is -0.664. The number of aliphatic hydroxyl groups is 1. The van der Waals surface area contributed by atoms with Crippen LogP contribution in [-0.2, 0) is 16.0 Å². The largest absolute Gasteiger partial charge is 0.462 e. The average Bonchev–Trinajstić information content (AvgIpc) is 3.34. The maximum absolute atomic E-state index is 13.6. The highest BCUT2D eigenvalue weighted by molar-refractivity contribution is 5.71. The number of furan rings is 1. The van der Waals surface area contributed by atoms with Crippen LogP contribution in [0.15, 0.2) is 47.1 Å². The first-order valence-electron chi connectivity index (χ1n) is 10.2. The highest BCUT2D eigenvalue weighted by atomic mass is 19.1. The van der Waals surface area contributed by atoms with Crippen LogP contribution in [0.5, 0.6) is 0 Å². The second kappa shape index (κ2) is 8.44. The maximum atomic E-state index is 13.6. The zero-order valence-electron chi connectivity index (χ0n) is 17.0. The van der Waals surface area contributed by atoms with Crippen molar-refractivity contribution in [2.75, 3.05) is 0 Å². The number of nitrogens with zero attached hydrogens (tertiary/aromatic N) is 2. The van der Waals surface area contributed by atoms with Crippen molar-refractivity contribution >= 4 is 5.97 Å². The number of rotatable bonds is 6. The van der Waals surface area contributed by atoms with Crippen molar-refractivity contribution in [1.82, 2.24) is 9.78 Å². The van der Waals surface area contributed by atoms with E-state index in [1.807, 2.05) is 6.07 Å². The van der Waals surface area contributed by atoms with Crippen LogP contribution in [0.1, 0.15) is 50.3 Å². The van der Waals surface area contributed by atoms with Gasteiger partial charge in [-0.3, -0.25) is 4.79 Å². The van der Waals surface area contributed by atoms with Gasteiger partial charge in [0, 0.05) is 23.6 Å². The molecule has 2 aromatic heterocycles. The van der Waals surface area contributed by atoms with Crippen LogP contribution in [0.25, 0.3) is 17.1 Å². The van der Waals surface area contributed by atoms with Gasteiger partial charge in [0.2, 0.25) is 5.88 Å². The van der Waals surface area contributed by atoms with E-state index in [4.69, 9.17) is 14.3 Å². The molecule has 0 aliphatic carbocycles. The Labute approximate surface area is 174 Å². The summed E-state index contributed by atoms with van der Waals surface area (Å²) >= 11 is 0. The minimum Gasteiger partial charge on any atom is -0.462 e. The Balaban J connectivity index is 1.75. The Kier molecular flexibility index (Phi) is 5.72. The van der Waals surface area contributed by atoms with Crippen molar-refractivity contribution in [2.45, 2.75) is 57.7 Å². The van der Waals surface area contributed by atoms with Gasteiger partial charge in [-0.05, 0) is 49.1 Å². The minimum absolute atomic E-state index is 0.0466. The molecule has 7 heteroatoms. The van der Waals surface area contributed by atoms with Crippen LogP contribution in [0.3, 0.4) is 0 Å². The van der Waals surface area contributed by atoms with Crippen LogP contribution >= 0.6 is 0 Å². The Morgan fingerprint density at radius 3 is 2.67 bits per heavy atom. The predicted molar refractivity (Wildman–Crippen MR) is 109 cm³/mol. The first kappa shape index (κ1) is 20.3. The third kappa shape index (κ3) is 4.16. The molecule has 0 saturated carbocycles. The molecule has 0 amide bonds. The molecule has 1 fully saturated rings. The van der Waals surface area contributed by atoms with E-state index in [1.54, 1.807) is 29.1 Å². The molecule has 1 aliphatic rings. The average molecular weight is 412 g/mol. The summed E-state index contributed by atoms with van der Waals surface area (Å²) in [5.41, 5.74) is 3.57. The van der Waals surface area contributed by atoms with Crippen molar-refractivity contribution in [3.05, 3.63) is 59.7 Å². The van der Waals surface area contributed by atoms with Gasteiger partial charge in [0.25, 0.3) is 0 Å². The maximum Gasteiger partial charge on any atom is 0.308 e. The number of hydrogen-bond acceptors (Lipinski definition) is 5. The van der Waals surface area contributed by atoms with E-state index in [2.05, 4.69) is 13.8 Å². The molecule has 0 bridgehead atoms. The first-order chi connectivity index (χ1) is 14.4. The number of ether oxygens (including phenoxy) is 1. The number of carbonyl (C=O) groups is 1. The summed E-state index contributed by atoms with van der Waals surface area (Å²) in [5, 5.41) is 14.7. The third-order valence-corrected chi connectivity index (χ3v) is 5.35. The van der Waals surface area contributed by atoms with Crippen molar-refractivity contribution in [2.24, 2.45) is 0 Å². The Hall–Kier alpha value is -2.93. The van der Waals surface area contributed by atoms with Crippen LogP contribution in [0.4, 0.5) is 4.39 Å². The molecule has 3 heterocycles. The summed E-state index contributed by atoms with van der Waals surface area (Å²) in [7, 11) is 0. The fourth-order valence-electron chi connectivity index (χ4n) is 3.98. The standard InChI is InChI=1S/C23H25FN2O4/c1-14(2)22-19(10-9-18-12-17(27)13-21(28)30-18)23(15-5-7-16(24)8-6-15)26(25-22)20-4-3-11-29-20/h3-8,11,14,17-18,27H,9-10,12-13H2,1-2H3/t17-,18+/m0/s1. The van der Waals surface area contributed by atoms with Gasteiger partial charge in [-0.1, -0.05) is 13.8 Å². The summed E-state index contributed by atoms with van der Waals surface area (Å²) in [5.74, 6) is 0.0429. The normalized spacial score (nSPS) is 19.3. The lowest BCUT2D eigenvalue weighted by Crippen LogP contribution is -2.32. The van der Waals surface area contributed by atoms with Crippen LogP contribution in [0, 0.1) is 5.82 Å². The van der Waals surface area contributed by atoms with E-state index in [0.717, 1.165) is 22.5 Å². The predicted octanol–water partition coefficient (Wildman–Crippen LogP) is 4.39. The van der Waals surface area contributed by atoms with Gasteiger partial charge < -0.3 is 14.3 Å². The fraction of sp³-hybridized carbons (Fsp3) is 0.391. The van der Waals surface area contributed by atoms with Crippen molar-refractivity contribution in [3.63, 3.8) is 0 Å². The Bertz CT molecular complexity index is 1010. The number of benzene rings is 1. The zero-order chi connectivity index (χ0) is 21.3. The number of carbonyl (C=O) groups excluding carboxylic acids is 1. The van der Waals surface area contributed by atoms with Crippen LogP contribution < -0.4 is 0 Å². The highest BCUT2D eigenvalue weighted by Crippen LogP contribution is 2.34. The smallest absolute Gasteiger partial charge is 0.308 e. The molecule has 2 atom stereocenters. The van der Waals surface area contributed by atoms with E-state index in [1.165, 1.54) is 12.1 Å². The SMILES string of the molecule is CC(C)c1nn(-c2ccco2)c(-c2ccc(F)cc2)c1CC[C@@H]1C[C@H](O)CC(=O)O1. The fourth-order valence-corrected chi connectivity index (χ4v) is 3.98. The second-order valence-electron chi connectivity index (χ2n) is 7.98. The Morgan fingerprint density at radius 1 is 1.27 bits per heavy atom. The quantitative estimate of drug-likeness (QED) is 0.608. The number of aromatic nitrogens is 2. The second-order valence-corrected chi connectivity index (χ2v) is 7.98. The van der Waals surface area contributed by atoms with Crippen LogP contribution in [-0.4, -0.2) is 33.1 Å². The van der Waals surface area contributed by atoms with Gasteiger partial charge in [-0.15, -0.1) is 0 Å². The first-order valence-corrected chi connectivity index (χ1v) is 10.2. The monoisotopic (exact) mass is 412 g/mol. The molecule has 1 aromatic carbocycles. The molecule has 0 spiro atoms. The van der Waals surface area contributed by atoms with Crippen molar-refractivity contribution < 1.29 is 23.4 Å². The van der Waals surface area contributed by atoms with Crippen molar-refractivity contribution in [3.8, 4) is 17.1 Å². The molecule has 3 aromatic rings. The summed E-state index contributed by atoms with van der Waals surface area (Å²) in [6, 6.07) is 9.92. The lowest BCUT2D eigenvalue weighted by Gasteiger charge is -2.26. The van der Waals surface area contributed by atoms with Gasteiger partial charge in [-0.25, -0.2) is 4.39 Å². The lowest BCUT2D eigenvalue weighted by molar-refractivity contribution is -0.160. The van der Waals surface area contributed by atoms with Crippen molar-refractivity contribution in [1.29, 1.82) is 0 Å². The van der Waals surface area contributed by atoms with E-state index in [0.29, 0.717) is 25.1 Å². The molecule has 1 N–H and O–H groups in total. The van der Waals surface area contributed by atoms with Gasteiger partial charge >= 0.3 is 5.97 Å². The van der Waals surface area contributed by atoms with Gasteiger partial charge in [0.05, 0.1) is 30.2 Å². The summed E-state index contributed by atoms with van der Waals surface area (Å²) in [6.07, 6.45) is 2.23. The molecular formula is C23H25FN2O4. The third-order valence-electron chi connectivity index (χ3n) is 5.35. The Morgan fingerprint density at radius 2 is 2.03 bits per heavy atom. The summed E-state index contributed by atoms with van der Waals surface area (Å²) in [4.78, 5) is 11.7. The molecule has 0 unspecified atom stereocenters. The highest BCUT2D eigenvalue weighted by Gasteiger charge is 2.29. The molecular weight excluding hydrogens is 387 g/mol. The molecule has 6 nitrogen and oxygen atoms in total. The molecule has 0 radical (unpaired) electrons. The molecule has 4 rings (SSSR count).